The number of halogens is 1. The molecule has 5 nitrogen and oxygen atoms in total. The van der Waals surface area contributed by atoms with Crippen molar-refractivity contribution in [2.75, 3.05) is 26.4 Å². The van der Waals surface area contributed by atoms with Crippen molar-refractivity contribution >= 4 is 17.6 Å². The minimum atomic E-state index is -0.753. The summed E-state index contributed by atoms with van der Waals surface area (Å²) in [5.41, 5.74) is 1.07. The van der Waals surface area contributed by atoms with Crippen LogP contribution in [0.5, 0.6) is 5.75 Å². The molecule has 0 aromatic heterocycles. The Morgan fingerprint density at radius 1 is 1.55 bits per heavy atom. The van der Waals surface area contributed by atoms with E-state index in [4.69, 9.17) is 26.2 Å². The molecule has 2 unspecified atom stereocenters. The predicted molar refractivity (Wildman–Crippen MR) is 82.4 cm³/mol. The smallest absolute Gasteiger partial charge is 0.307 e. The van der Waals surface area contributed by atoms with Crippen LogP contribution in [-0.4, -0.2) is 37.4 Å². The fourth-order valence-corrected chi connectivity index (χ4v) is 3.06. The first-order valence-corrected chi connectivity index (χ1v) is 7.81. The molecule has 2 atom stereocenters. The largest absolute Gasteiger partial charge is 0.491 e. The van der Waals surface area contributed by atoms with Gasteiger partial charge in [-0.05, 0) is 24.1 Å². The molecule has 2 saturated heterocycles. The number of carboxylic acid groups (broad SMARTS) is 1. The highest BCUT2D eigenvalue weighted by Gasteiger charge is 2.34. The van der Waals surface area contributed by atoms with E-state index in [0.717, 1.165) is 5.56 Å². The average Bonchev–Trinajstić information content (AvgIpc) is 2.94. The molecule has 0 aliphatic carbocycles. The standard InChI is InChI=1S/C16H20ClNO4/c1-16(7-21-8-16)9-22-14-3-2-10(4-12(14)17)13-5-11(6-18-13)15(19)20/h2-4,11,13,18H,5-9H2,1H3,(H,19,20). The molecule has 3 rings (SSSR count). The van der Waals surface area contributed by atoms with Crippen molar-refractivity contribution in [2.24, 2.45) is 11.3 Å². The van der Waals surface area contributed by atoms with Gasteiger partial charge in [-0.2, -0.15) is 0 Å². The van der Waals surface area contributed by atoms with E-state index in [1.807, 2.05) is 18.2 Å². The van der Waals surface area contributed by atoms with Gasteiger partial charge in [0.25, 0.3) is 0 Å². The maximum atomic E-state index is 11.0. The van der Waals surface area contributed by atoms with Gasteiger partial charge in [0, 0.05) is 18.0 Å². The Balaban J connectivity index is 1.63. The van der Waals surface area contributed by atoms with Gasteiger partial charge in [-0.25, -0.2) is 0 Å². The number of aliphatic carboxylic acids is 1. The first-order chi connectivity index (χ1) is 10.5. The van der Waals surface area contributed by atoms with E-state index < -0.39 is 5.97 Å². The third-order valence-electron chi connectivity index (χ3n) is 4.32. The zero-order chi connectivity index (χ0) is 15.7. The van der Waals surface area contributed by atoms with E-state index >= 15 is 0 Å². The summed E-state index contributed by atoms with van der Waals surface area (Å²) in [6.45, 7) is 4.62. The summed E-state index contributed by atoms with van der Waals surface area (Å²) >= 11 is 6.30. The number of nitrogens with one attached hydrogen (secondary N) is 1. The molecule has 2 fully saturated rings. The summed E-state index contributed by atoms with van der Waals surface area (Å²) in [5, 5.41) is 12.8. The van der Waals surface area contributed by atoms with E-state index in [9.17, 15) is 4.79 Å². The van der Waals surface area contributed by atoms with Crippen LogP contribution >= 0.6 is 11.6 Å². The molecular weight excluding hydrogens is 306 g/mol. The second-order valence-electron chi connectivity index (χ2n) is 6.51. The van der Waals surface area contributed by atoms with Crippen molar-refractivity contribution < 1.29 is 19.4 Å². The molecule has 22 heavy (non-hydrogen) atoms. The van der Waals surface area contributed by atoms with Crippen molar-refractivity contribution in [3.63, 3.8) is 0 Å². The summed E-state index contributed by atoms with van der Waals surface area (Å²) < 4.78 is 11.0. The van der Waals surface area contributed by atoms with Crippen molar-refractivity contribution in [2.45, 2.75) is 19.4 Å². The first-order valence-electron chi connectivity index (χ1n) is 7.43. The Hall–Kier alpha value is -1.30. The number of ether oxygens (including phenoxy) is 2. The van der Waals surface area contributed by atoms with Crippen LogP contribution in [0.25, 0.3) is 0 Å². The van der Waals surface area contributed by atoms with Gasteiger partial charge in [-0.15, -0.1) is 0 Å². The lowest BCUT2D eigenvalue weighted by atomic mass is 9.90. The fraction of sp³-hybridized carbons (Fsp3) is 0.562. The molecule has 6 heteroatoms. The topological polar surface area (TPSA) is 67.8 Å². The lowest BCUT2D eigenvalue weighted by Crippen LogP contribution is -2.44. The summed E-state index contributed by atoms with van der Waals surface area (Å²) in [7, 11) is 0. The number of hydrogen-bond acceptors (Lipinski definition) is 4. The molecule has 0 spiro atoms. The number of benzene rings is 1. The van der Waals surface area contributed by atoms with Crippen molar-refractivity contribution in [1.29, 1.82) is 0 Å². The number of carboxylic acids is 1. The highest BCUT2D eigenvalue weighted by Crippen LogP contribution is 2.34. The quantitative estimate of drug-likeness (QED) is 0.870. The Labute approximate surface area is 134 Å². The van der Waals surface area contributed by atoms with Crippen molar-refractivity contribution in [3.8, 4) is 5.75 Å². The average molecular weight is 326 g/mol. The SMILES string of the molecule is CC1(COc2ccc(C3CC(C(=O)O)CN3)cc2Cl)COC1. The maximum absolute atomic E-state index is 11.0. The molecule has 120 valence electrons. The molecule has 1 aromatic carbocycles. The maximum Gasteiger partial charge on any atom is 0.307 e. The van der Waals surface area contributed by atoms with E-state index in [2.05, 4.69) is 12.2 Å². The van der Waals surface area contributed by atoms with Crippen molar-refractivity contribution in [3.05, 3.63) is 28.8 Å². The molecule has 0 amide bonds. The monoisotopic (exact) mass is 325 g/mol. The molecule has 2 aliphatic rings. The molecule has 2 heterocycles. The minimum absolute atomic E-state index is 0.0326. The second-order valence-corrected chi connectivity index (χ2v) is 6.92. The third-order valence-corrected chi connectivity index (χ3v) is 4.61. The molecule has 1 aromatic rings. The Morgan fingerprint density at radius 2 is 2.32 bits per heavy atom. The van der Waals surface area contributed by atoms with Crippen LogP contribution in [0.1, 0.15) is 24.9 Å². The summed E-state index contributed by atoms with van der Waals surface area (Å²) in [5.74, 6) is -0.429. The number of rotatable bonds is 5. The van der Waals surface area contributed by atoms with E-state index in [0.29, 0.717) is 43.6 Å². The van der Waals surface area contributed by atoms with Crippen LogP contribution in [0.2, 0.25) is 5.02 Å². The molecule has 0 saturated carbocycles. The van der Waals surface area contributed by atoms with Crippen LogP contribution in [0.3, 0.4) is 0 Å². The van der Waals surface area contributed by atoms with E-state index in [-0.39, 0.29) is 17.4 Å². The van der Waals surface area contributed by atoms with Crippen LogP contribution in [-0.2, 0) is 9.53 Å². The molecule has 2 aliphatic heterocycles. The minimum Gasteiger partial charge on any atom is -0.491 e. The number of carbonyl (C=O) groups is 1. The van der Waals surface area contributed by atoms with Gasteiger partial charge in [0.1, 0.15) is 5.75 Å². The van der Waals surface area contributed by atoms with Gasteiger partial charge in [0.15, 0.2) is 0 Å². The van der Waals surface area contributed by atoms with Crippen LogP contribution < -0.4 is 10.1 Å². The van der Waals surface area contributed by atoms with Gasteiger partial charge in [0.05, 0.1) is 30.8 Å². The van der Waals surface area contributed by atoms with Gasteiger partial charge in [0.2, 0.25) is 0 Å². The van der Waals surface area contributed by atoms with Gasteiger partial charge in [-0.3, -0.25) is 4.79 Å². The van der Waals surface area contributed by atoms with Crippen LogP contribution in [0.4, 0.5) is 0 Å². The van der Waals surface area contributed by atoms with Gasteiger partial charge in [-0.1, -0.05) is 24.6 Å². The zero-order valence-corrected chi connectivity index (χ0v) is 13.2. The van der Waals surface area contributed by atoms with Gasteiger partial charge < -0.3 is 19.9 Å². The lowest BCUT2D eigenvalue weighted by molar-refractivity contribution is -0.141. The molecule has 2 N–H and O–H groups in total. The number of hydrogen-bond donors (Lipinski definition) is 2. The summed E-state index contributed by atoms with van der Waals surface area (Å²) in [4.78, 5) is 11.0. The predicted octanol–water partition coefficient (Wildman–Crippen LogP) is 2.49. The lowest BCUT2D eigenvalue weighted by Gasteiger charge is -2.37. The zero-order valence-electron chi connectivity index (χ0n) is 12.5. The van der Waals surface area contributed by atoms with Crippen molar-refractivity contribution in [1.82, 2.24) is 5.32 Å². The Morgan fingerprint density at radius 3 is 2.86 bits per heavy atom. The summed E-state index contributed by atoms with van der Waals surface area (Å²) in [6, 6.07) is 5.70. The summed E-state index contributed by atoms with van der Waals surface area (Å²) in [6.07, 6.45) is 0.585. The molecule has 0 bridgehead atoms. The van der Waals surface area contributed by atoms with Crippen LogP contribution in [0, 0.1) is 11.3 Å². The third kappa shape index (κ3) is 3.21. The second kappa shape index (κ2) is 6.07. The van der Waals surface area contributed by atoms with Crippen LogP contribution in [0.15, 0.2) is 18.2 Å². The molecule has 0 radical (unpaired) electrons. The Bertz CT molecular complexity index is 573. The van der Waals surface area contributed by atoms with E-state index in [1.165, 1.54) is 0 Å². The van der Waals surface area contributed by atoms with E-state index in [1.54, 1.807) is 0 Å². The highest BCUT2D eigenvalue weighted by molar-refractivity contribution is 6.32. The Kier molecular flexibility index (Phi) is 4.30. The fourth-order valence-electron chi connectivity index (χ4n) is 2.81. The highest BCUT2D eigenvalue weighted by atomic mass is 35.5. The van der Waals surface area contributed by atoms with Gasteiger partial charge >= 0.3 is 5.97 Å². The normalized spacial score (nSPS) is 26.5. The first kappa shape index (κ1) is 15.6. The molecular formula is C16H20ClNO4.